The van der Waals surface area contributed by atoms with Crippen LogP contribution in [-0.4, -0.2) is 28.2 Å². The van der Waals surface area contributed by atoms with Crippen LogP contribution in [0.25, 0.3) is 0 Å². The fourth-order valence-electron chi connectivity index (χ4n) is 0.957. The van der Waals surface area contributed by atoms with E-state index in [1.165, 1.54) is 0 Å². The summed E-state index contributed by atoms with van der Waals surface area (Å²) in [4.78, 5) is 7.86. The number of nitrogens with zero attached hydrogens (tertiary/aromatic N) is 2. The van der Waals surface area contributed by atoms with E-state index in [1.807, 2.05) is 13.8 Å². The molecular weight excluding hydrogens is 185 g/mol. The molecule has 5 heteroatoms. The van der Waals surface area contributed by atoms with Gasteiger partial charge in [0.25, 0.3) is 0 Å². The van der Waals surface area contributed by atoms with E-state index in [0.29, 0.717) is 5.82 Å². The van der Waals surface area contributed by atoms with Crippen molar-refractivity contribution in [1.82, 2.24) is 9.97 Å². The summed E-state index contributed by atoms with van der Waals surface area (Å²) < 4.78 is 13.1. The zero-order valence-corrected chi connectivity index (χ0v) is 8.29. The van der Waals surface area contributed by atoms with E-state index in [9.17, 15) is 4.39 Å². The lowest BCUT2D eigenvalue weighted by Gasteiger charge is -2.08. The fraction of sp³-hybridized carbons (Fsp3) is 0.556. The van der Waals surface area contributed by atoms with Gasteiger partial charge in [-0.15, -0.1) is 0 Å². The van der Waals surface area contributed by atoms with Crippen LogP contribution in [0, 0.1) is 5.82 Å². The Kier molecular flexibility index (Phi) is 3.76. The van der Waals surface area contributed by atoms with E-state index in [2.05, 4.69) is 15.3 Å². The molecule has 1 aromatic rings. The molecule has 0 atom stereocenters. The molecule has 1 rings (SSSR count). The SMILES string of the molecule is CC(C)c1ncc(F)c(NCCO)n1. The maximum absolute atomic E-state index is 13.1. The molecule has 0 bridgehead atoms. The average Bonchev–Trinajstić information content (AvgIpc) is 2.16. The Hall–Kier alpha value is -1.23. The highest BCUT2D eigenvalue weighted by Gasteiger charge is 2.08. The fourth-order valence-corrected chi connectivity index (χ4v) is 0.957. The second kappa shape index (κ2) is 4.85. The van der Waals surface area contributed by atoms with Crippen molar-refractivity contribution in [3.05, 3.63) is 17.8 Å². The predicted molar refractivity (Wildman–Crippen MR) is 51.7 cm³/mol. The first-order chi connectivity index (χ1) is 6.65. The molecule has 0 aromatic carbocycles. The summed E-state index contributed by atoms with van der Waals surface area (Å²) in [5.41, 5.74) is 0. The van der Waals surface area contributed by atoms with E-state index in [4.69, 9.17) is 5.11 Å². The van der Waals surface area contributed by atoms with Gasteiger partial charge in [-0.25, -0.2) is 14.4 Å². The van der Waals surface area contributed by atoms with Gasteiger partial charge in [0.15, 0.2) is 11.6 Å². The summed E-state index contributed by atoms with van der Waals surface area (Å²) >= 11 is 0. The minimum absolute atomic E-state index is 0.0551. The minimum Gasteiger partial charge on any atom is -0.395 e. The highest BCUT2D eigenvalue weighted by Crippen LogP contribution is 2.14. The normalized spacial score (nSPS) is 10.6. The number of anilines is 1. The van der Waals surface area contributed by atoms with Gasteiger partial charge in [0.1, 0.15) is 5.82 Å². The van der Waals surface area contributed by atoms with Gasteiger partial charge in [-0.3, -0.25) is 0 Å². The van der Waals surface area contributed by atoms with E-state index in [0.717, 1.165) is 6.20 Å². The average molecular weight is 199 g/mol. The number of halogens is 1. The molecule has 0 spiro atoms. The first-order valence-electron chi connectivity index (χ1n) is 4.52. The van der Waals surface area contributed by atoms with Crippen molar-refractivity contribution in [2.75, 3.05) is 18.5 Å². The summed E-state index contributed by atoms with van der Waals surface area (Å²) in [7, 11) is 0. The molecule has 0 radical (unpaired) electrons. The van der Waals surface area contributed by atoms with E-state index < -0.39 is 5.82 Å². The molecule has 1 aromatic heterocycles. The molecule has 14 heavy (non-hydrogen) atoms. The first-order valence-corrected chi connectivity index (χ1v) is 4.52. The Morgan fingerprint density at radius 1 is 1.57 bits per heavy atom. The maximum atomic E-state index is 13.1. The molecule has 78 valence electrons. The molecule has 0 saturated carbocycles. The van der Waals surface area contributed by atoms with Crippen LogP contribution in [0.5, 0.6) is 0 Å². The van der Waals surface area contributed by atoms with Crippen molar-refractivity contribution in [2.24, 2.45) is 0 Å². The van der Waals surface area contributed by atoms with E-state index >= 15 is 0 Å². The molecule has 0 aliphatic carbocycles. The predicted octanol–water partition coefficient (Wildman–Crippen LogP) is 1.14. The molecule has 0 fully saturated rings. The lowest BCUT2D eigenvalue weighted by Crippen LogP contribution is -2.11. The molecule has 0 aliphatic rings. The van der Waals surface area contributed by atoms with Gasteiger partial charge in [-0.1, -0.05) is 13.8 Å². The van der Waals surface area contributed by atoms with Crippen LogP contribution in [0.3, 0.4) is 0 Å². The molecule has 4 nitrogen and oxygen atoms in total. The molecule has 0 unspecified atom stereocenters. The van der Waals surface area contributed by atoms with Crippen LogP contribution < -0.4 is 5.32 Å². The second-order valence-corrected chi connectivity index (χ2v) is 3.23. The smallest absolute Gasteiger partial charge is 0.183 e. The van der Waals surface area contributed by atoms with Gasteiger partial charge in [-0.05, 0) is 0 Å². The van der Waals surface area contributed by atoms with Crippen LogP contribution in [0.15, 0.2) is 6.20 Å². The van der Waals surface area contributed by atoms with Crippen molar-refractivity contribution < 1.29 is 9.50 Å². The number of aliphatic hydroxyl groups excluding tert-OH is 1. The number of hydrogen-bond acceptors (Lipinski definition) is 4. The number of rotatable bonds is 4. The lowest BCUT2D eigenvalue weighted by atomic mass is 10.2. The quantitative estimate of drug-likeness (QED) is 0.763. The van der Waals surface area contributed by atoms with Gasteiger partial charge in [0.2, 0.25) is 0 Å². The number of aliphatic hydroxyl groups is 1. The molecule has 0 amide bonds. The third kappa shape index (κ3) is 2.63. The lowest BCUT2D eigenvalue weighted by molar-refractivity contribution is 0.310. The second-order valence-electron chi connectivity index (χ2n) is 3.23. The van der Waals surface area contributed by atoms with Gasteiger partial charge in [0, 0.05) is 12.5 Å². The number of aromatic nitrogens is 2. The molecule has 0 aliphatic heterocycles. The molecule has 1 heterocycles. The van der Waals surface area contributed by atoms with Crippen molar-refractivity contribution in [2.45, 2.75) is 19.8 Å². The zero-order chi connectivity index (χ0) is 10.6. The summed E-state index contributed by atoms with van der Waals surface area (Å²) in [6.45, 7) is 4.10. The minimum atomic E-state index is -0.497. The van der Waals surface area contributed by atoms with Crippen LogP contribution in [0.2, 0.25) is 0 Å². The number of hydrogen-bond donors (Lipinski definition) is 2. The van der Waals surface area contributed by atoms with Crippen molar-refractivity contribution in [1.29, 1.82) is 0 Å². The van der Waals surface area contributed by atoms with Crippen LogP contribution in [0.4, 0.5) is 10.2 Å². The first kappa shape index (κ1) is 10.8. The van der Waals surface area contributed by atoms with Crippen LogP contribution in [0.1, 0.15) is 25.6 Å². The zero-order valence-electron chi connectivity index (χ0n) is 8.29. The highest BCUT2D eigenvalue weighted by molar-refractivity contribution is 5.35. The van der Waals surface area contributed by atoms with Crippen LogP contribution >= 0.6 is 0 Å². The van der Waals surface area contributed by atoms with Crippen LogP contribution in [-0.2, 0) is 0 Å². The van der Waals surface area contributed by atoms with Gasteiger partial charge >= 0.3 is 0 Å². The van der Waals surface area contributed by atoms with Crippen molar-refractivity contribution >= 4 is 5.82 Å². The van der Waals surface area contributed by atoms with Gasteiger partial charge in [-0.2, -0.15) is 0 Å². The number of nitrogens with one attached hydrogen (secondary N) is 1. The Morgan fingerprint density at radius 2 is 2.29 bits per heavy atom. The highest BCUT2D eigenvalue weighted by atomic mass is 19.1. The maximum Gasteiger partial charge on any atom is 0.183 e. The van der Waals surface area contributed by atoms with Crippen molar-refractivity contribution in [3.63, 3.8) is 0 Å². The summed E-state index contributed by atoms with van der Waals surface area (Å²) in [5, 5.41) is 11.3. The van der Waals surface area contributed by atoms with Crippen molar-refractivity contribution in [3.8, 4) is 0 Å². The summed E-state index contributed by atoms with van der Waals surface area (Å²) in [5.74, 6) is 0.401. The molecule has 0 saturated heterocycles. The van der Waals surface area contributed by atoms with E-state index in [-0.39, 0.29) is 24.9 Å². The Labute approximate surface area is 82.2 Å². The molecular formula is C9H14FN3O. The molecule has 2 N–H and O–H groups in total. The topological polar surface area (TPSA) is 58.0 Å². The third-order valence-corrected chi connectivity index (χ3v) is 1.68. The Morgan fingerprint density at radius 3 is 2.86 bits per heavy atom. The Balaban J connectivity index is 2.85. The Bertz CT molecular complexity index is 304. The monoisotopic (exact) mass is 199 g/mol. The largest absolute Gasteiger partial charge is 0.395 e. The van der Waals surface area contributed by atoms with Gasteiger partial charge in [0.05, 0.1) is 12.8 Å². The van der Waals surface area contributed by atoms with E-state index in [1.54, 1.807) is 0 Å². The standard InChI is InChI=1S/C9H14FN3O/c1-6(2)8-12-5-7(10)9(13-8)11-3-4-14/h5-6,14H,3-4H2,1-2H3,(H,11,12,13). The van der Waals surface area contributed by atoms with Gasteiger partial charge < -0.3 is 10.4 Å². The summed E-state index contributed by atoms with van der Waals surface area (Å²) in [6, 6.07) is 0. The third-order valence-electron chi connectivity index (χ3n) is 1.68. The summed E-state index contributed by atoms with van der Waals surface area (Å²) in [6.07, 6.45) is 1.14.